The third-order valence-electron chi connectivity index (χ3n) is 4.19. The maximum Gasteiger partial charge on any atom is 0.237 e. The molecule has 2 N–H and O–H groups in total. The van der Waals surface area contributed by atoms with Gasteiger partial charge in [-0.05, 0) is 51.4 Å². The molecule has 1 fully saturated rings. The minimum Gasteiger partial charge on any atom is -0.352 e. The highest BCUT2D eigenvalue weighted by Gasteiger charge is 2.23. The van der Waals surface area contributed by atoms with Crippen LogP contribution in [-0.2, 0) is 11.2 Å². The lowest BCUT2D eigenvalue weighted by molar-refractivity contribution is -0.123. The topological polar surface area (TPSA) is 59.0 Å². The Morgan fingerprint density at radius 1 is 1.43 bits per heavy atom. The van der Waals surface area contributed by atoms with Crippen LogP contribution in [0.2, 0.25) is 0 Å². The monoisotopic (exact) mass is 312 g/mol. The van der Waals surface area contributed by atoms with Gasteiger partial charge in [0.05, 0.1) is 17.4 Å². The van der Waals surface area contributed by atoms with Crippen LogP contribution < -0.4 is 10.6 Å². The number of rotatable bonds is 5. The molecule has 0 spiro atoms. The molecule has 2 heterocycles. The quantitative estimate of drug-likeness (QED) is 0.887. The van der Waals surface area contributed by atoms with E-state index in [1.807, 2.05) is 48.9 Å². The zero-order valence-corrected chi connectivity index (χ0v) is 13.7. The van der Waals surface area contributed by atoms with Crippen molar-refractivity contribution in [2.75, 3.05) is 6.54 Å². The molecule has 23 heavy (non-hydrogen) atoms. The van der Waals surface area contributed by atoms with Crippen LogP contribution in [0.1, 0.15) is 31.2 Å². The van der Waals surface area contributed by atoms with Gasteiger partial charge < -0.3 is 10.6 Å². The number of benzene rings is 1. The molecule has 2 atom stereocenters. The van der Waals surface area contributed by atoms with Crippen LogP contribution in [0.25, 0.3) is 5.69 Å². The summed E-state index contributed by atoms with van der Waals surface area (Å²) in [5, 5.41) is 10.9. The van der Waals surface area contributed by atoms with Crippen molar-refractivity contribution >= 4 is 5.91 Å². The second-order valence-electron chi connectivity index (χ2n) is 6.29. The summed E-state index contributed by atoms with van der Waals surface area (Å²) in [6.45, 7) is 4.98. The Kier molecular flexibility index (Phi) is 4.76. The predicted molar refractivity (Wildman–Crippen MR) is 90.6 cm³/mol. The van der Waals surface area contributed by atoms with Gasteiger partial charge in [0.2, 0.25) is 5.91 Å². The van der Waals surface area contributed by atoms with Crippen LogP contribution in [0.3, 0.4) is 0 Å². The van der Waals surface area contributed by atoms with Crippen LogP contribution in [0, 0.1) is 6.92 Å². The second-order valence-corrected chi connectivity index (χ2v) is 6.29. The van der Waals surface area contributed by atoms with Crippen molar-refractivity contribution < 1.29 is 4.79 Å². The molecular formula is C18H24N4O. The van der Waals surface area contributed by atoms with Crippen molar-refractivity contribution in [1.82, 2.24) is 20.4 Å². The predicted octanol–water partition coefficient (Wildman–Crippen LogP) is 1.98. The number of carbonyl (C=O) groups excluding carboxylic acids is 1. The van der Waals surface area contributed by atoms with E-state index in [1.165, 1.54) is 0 Å². The van der Waals surface area contributed by atoms with Crippen molar-refractivity contribution in [3.63, 3.8) is 0 Å². The van der Waals surface area contributed by atoms with E-state index in [2.05, 4.69) is 21.8 Å². The van der Waals surface area contributed by atoms with Crippen molar-refractivity contribution in [3.8, 4) is 5.69 Å². The number of amides is 1. The SMILES string of the molecule is Cc1cc(C[C@@H](C)NC(=O)[C@H]2CCCN2)n(-c2ccccc2)n1. The van der Waals surface area contributed by atoms with Crippen LogP contribution in [0.15, 0.2) is 36.4 Å². The number of para-hydroxylation sites is 1. The molecule has 2 aromatic rings. The zero-order valence-electron chi connectivity index (χ0n) is 13.7. The van der Waals surface area contributed by atoms with E-state index < -0.39 is 0 Å². The summed E-state index contributed by atoms with van der Waals surface area (Å²) in [5.74, 6) is 0.109. The molecule has 1 aliphatic rings. The zero-order chi connectivity index (χ0) is 16.2. The number of nitrogens with zero attached hydrogens (tertiary/aromatic N) is 2. The van der Waals surface area contributed by atoms with Gasteiger partial charge in [0, 0.05) is 18.2 Å². The first kappa shape index (κ1) is 15.7. The molecule has 1 aromatic heterocycles. The molecule has 5 heteroatoms. The molecule has 1 aromatic carbocycles. The second kappa shape index (κ2) is 6.96. The summed E-state index contributed by atoms with van der Waals surface area (Å²) in [6, 6.07) is 12.2. The van der Waals surface area contributed by atoms with E-state index in [-0.39, 0.29) is 18.0 Å². The average Bonchev–Trinajstić information content (AvgIpc) is 3.18. The molecule has 0 unspecified atom stereocenters. The van der Waals surface area contributed by atoms with E-state index >= 15 is 0 Å². The standard InChI is InChI=1S/C18H24N4O/c1-13(20-18(23)17-9-6-10-19-17)11-16-12-14(2)21-22(16)15-7-4-3-5-8-15/h3-5,7-8,12-13,17,19H,6,9-11H2,1-2H3,(H,20,23)/t13-,17-/m1/s1. The smallest absolute Gasteiger partial charge is 0.237 e. The van der Waals surface area contributed by atoms with Gasteiger partial charge in [-0.3, -0.25) is 4.79 Å². The molecule has 0 bridgehead atoms. The Hall–Kier alpha value is -2.14. The first-order chi connectivity index (χ1) is 11.1. The molecule has 0 saturated carbocycles. The summed E-state index contributed by atoms with van der Waals surface area (Å²) >= 11 is 0. The van der Waals surface area contributed by atoms with Crippen molar-refractivity contribution in [1.29, 1.82) is 0 Å². The van der Waals surface area contributed by atoms with Crippen molar-refractivity contribution in [2.45, 2.75) is 45.2 Å². The van der Waals surface area contributed by atoms with E-state index in [9.17, 15) is 4.79 Å². The van der Waals surface area contributed by atoms with E-state index in [1.54, 1.807) is 0 Å². The molecule has 5 nitrogen and oxygen atoms in total. The molecular weight excluding hydrogens is 288 g/mol. The summed E-state index contributed by atoms with van der Waals surface area (Å²) in [4.78, 5) is 12.2. The minimum absolute atomic E-state index is 0.0294. The lowest BCUT2D eigenvalue weighted by Gasteiger charge is -2.18. The first-order valence-corrected chi connectivity index (χ1v) is 8.28. The fraction of sp³-hybridized carbons (Fsp3) is 0.444. The Bertz CT molecular complexity index is 659. The fourth-order valence-electron chi connectivity index (χ4n) is 3.11. The molecule has 3 rings (SSSR count). The Morgan fingerprint density at radius 3 is 2.91 bits per heavy atom. The van der Waals surface area contributed by atoms with E-state index in [0.29, 0.717) is 0 Å². The van der Waals surface area contributed by atoms with Gasteiger partial charge in [0.1, 0.15) is 0 Å². The van der Waals surface area contributed by atoms with Gasteiger partial charge in [0.25, 0.3) is 0 Å². The van der Waals surface area contributed by atoms with Gasteiger partial charge >= 0.3 is 0 Å². The van der Waals surface area contributed by atoms with Gasteiger partial charge in [-0.15, -0.1) is 0 Å². The van der Waals surface area contributed by atoms with Crippen LogP contribution in [0.4, 0.5) is 0 Å². The molecule has 0 radical (unpaired) electrons. The number of hydrogen-bond acceptors (Lipinski definition) is 3. The Morgan fingerprint density at radius 2 is 2.22 bits per heavy atom. The van der Waals surface area contributed by atoms with Crippen LogP contribution in [0.5, 0.6) is 0 Å². The lowest BCUT2D eigenvalue weighted by atomic mass is 10.1. The third-order valence-corrected chi connectivity index (χ3v) is 4.19. The molecule has 1 saturated heterocycles. The molecule has 0 aliphatic carbocycles. The van der Waals surface area contributed by atoms with Crippen molar-refractivity contribution in [2.24, 2.45) is 0 Å². The number of carbonyl (C=O) groups is 1. The summed E-state index contributed by atoms with van der Waals surface area (Å²) < 4.78 is 1.96. The number of aryl methyl sites for hydroxylation is 1. The third kappa shape index (κ3) is 3.79. The summed E-state index contributed by atoms with van der Waals surface area (Å²) in [7, 11) is 0. The van der Waals surface area contributed by atoms with Crippen LogP contribution >= 0.6 is 0 Å². The van der Waals surface area contributed by atoms with Gasteiger partial charge in [-0.1, -0.05) is 18.2 Å². The lowest BCUT2D eigenvalue weighted by Crippen LogP contribution is -2.45. The minimum atomic E-state index is -0.0294. The van der Waals surface area contributed by atoms with Gasteiger partial charge in [-0.25, -0.2) is 4.68 Å². The van der Waals surface area contributed by atoms with Gasteiger partial charge in [0.15, 0.2) is 0 Å². The number of aromatic nitrogens is 2. The normalized spacial score (nSPS) is 18.8. The Labute approximate surface area is 137 Å². The maximum atomic E-state index is 12.2. The van der Waals surface area contributed by atoms with E-state index in [4.69, 9.17) is 0 Å². The molecule has 122 valence electrons. The number of hydrogen-bond donors (Lipinski definition) is 2. The fourth-order valence-corrected chi connectivity index (χ4v) is 3.11. The highest BCUT2D eigenvalue weighted by atomic mass is 16.2. The van der Waals surface area contributed by atoms with Crippen LogP contribution in [-0.4, -0.2) is 34.3 Å². The summed E-state index contributed by atoms with van der Waals surface area (Å²) in [6.07, 6.45) is 2.76. The highest BCUT2D eigenvalue weighted by Crippen LogP contribution is 2.14. The van der Waals surface area contributed by atoms with Crippen molar-refractivity contribution in [3.05, 3.63) is 47.8 Å². The first-order valence-electron chi connectivity index (χ1n) is 8.28. The summed E-state index contributed by atoms with van der Waals surface area (Å²) in [5.41, 5.74) is 3.15. The van der Waals surface area contributed by atoms with E-state index in [0.717, 1.165) is 42.9 Å². The maximum absolute atomic E-state index is 12.2. The average molecular weight is 312 g/mol. The number of nitrogens with one attached hydrogen (secondary N) is 2. The van der Waals surface area contributed by atoms with Gasteiger partial charge in [-0.2, -0.15) is 5.10 Å². The molecule has 1 aliphatic heterocycles. The highest BCUT2D eigenvalue weighted by molar-refractivity contribution is 5.82. The Balaban J connectivity index is 1.69. The largest absolute Gasteiger partial charge is 0.352 e. The molecule has 1 amide bonds.